The van der Waals surface area contributed by atoms with Crippen LogP contribution in [0.5, 0.6) is 0 Å². The molecule has 5 rings (SSSR count). The molecule has 40 heavy (non-hydrogen) atoms. The fourth-order valence-corrected chi connectivity index (χ4v) is 5.03. The molecule has 1 N–H and O–H groups in total. The van der Waals surface area contributed by atoms with Gasteiger partial charge in [-0.1, -0.05) is 90.6 Å². The van der Waals surface area contributed by atoms with E-state index in [0.29, 0.717) is 29.4 Å². The van der Waals surface area contributed by atoms with E-state index in [1.54, 1.807) is 18.0 Å². The molecule has 0 aliphatic heterocycles. The van der Waals surface area contributed by atoms with Crippen molar-refractivity contribution in [3.05, 3.63) is 138 Å². The fraction of sp³-hybridized carbons (Fsp3) is 0.152. The van der Waals surface area contributed by atoms with Crippen molar-refractivity contribution in [2.45, 2.75) is 23.9 Å². The van der Waals surface area contributed by atoms with Crippen LogP contribution in [-0.4, -0.2) is 34.5 Å². The topological polar surface area (TPSA) is 71.0 Å². The van der Waals surface area contributed by atoms with Crippen molar-refractivity contribution in [1.29, 1.82) is 0 Å². The standard InChI is InChI=1S/C33H31N5OS/c1-38(23-25-10-4-2-5-11-25)31-22-30(27-12-6-3-7-13-27)36-33(37-31)40-24-26-15-17-28(18-16-26)32(39)35-21-19-29-14-8-9-20-34-29/h2-18,20,22H,19,21,23-24H2,1H3,(H,35,39). The average Bonchev–Trinajstić information content (AvgIpc) is 3.01. The van der Waals surface area contributed by atoms with Gasteiger partial charge in [0.25, 0.3) is 5.91 Å². The van der Waals surface area contributed by atoms with Gasteiger partial charge in [0.2, 0.25) is 0 Å². The first-order chi connectivity index (χ1) is 19.6. The van der Waals surface area contributed by atoms with Crippen LogP contribution in [0.15, 0.2) is 121 Å². The summed E-state index contributed by atoms with van der Waals surface area (Å²) in [7, 11) is 2.05. The SMILES string of the molecule is CN(Cc1ccccc1)c1cc(-c2ccccc2)nc(SCc2ccc(C(=O)NCCc3ccccn3)cc2)n1. The van der Waals surface area contributed by atoms with Crippen molar-refractivity contribution in [2.75, 3.05) is 18.5 Å². The molecule has 6 nitrogen and oxygen atoms in total. The molecule has 0 bridgehead atoms. The summed E-state index contributed by atoms with van der Waals surface area (Å²) in [5, 5.41) is 3.69. The number of thioether (sulfide) groups is 1. The molecule has 2 heterocycles. The monoisotopic (exact) mass is 545 g/mol. The normalized spacial score (nSPS) is 10.7. The number of aromatic nitrogens is 3. The number of hydrogen-bond acceptors (Lipinski definition) is 6. The van der Waals surface area contributed by atoms with Crippen LogP contribution >= 0.6 is 11.8 Å². The van der Waals surface area contributed by atoms with Crippen LogP contribution in [0.4, 0.5) is 5.82 Å². The van der Waals surface area contributed by atoms with Crippen molar-refractivity contribution in [2.24, 2.45) is 0 Å². The van der Waals surface area contributed by atoms with Crippen LogP contribution in [-0.2, 0) is 18.7 Å². The van der Waals surface area contributed by atoms with E-state index in [1.165, 1.54) is 5.56 Å². The molecule has 0 aliphatic carbocycles. The molecule has 0 aliphatic rings. The highest BCUT2D eigenvalue weighted by Crippen LogP contribution is 2.27. The van der Waals surface area contributed by atoms with E-state index >= 15 is 0 Å². The van der Waals surface area contributed by atoms with Crippen molar-refractivity contribution >= 4 is 23.5 Å². The number of nitrogens with zero attached hydrogens (tertiary/aromatic N) is 4. The Labute approximate surface area is 239 Å². The molecule has 0 spiro atoms. The zero-order valence-corrected chi connectivity index (χ0v) is 23.2. The zero-order chi connectivity index (χ0) is 27.6. The number of amides is 1. The van der Waals surface area contributed by atoms with E-state index in [0.717, 1.165) is 34.9 Å². The van der Waals surface area contributed by atoms with Gasteiger partial charge in [-0.3, -0.25) is 9.78 Å². The molecular formula is C33H31N5OS. The number of hydrogen-bond donors (Lipinski definition) is 1. The summed E-state index contributed by atoms with van der Waals surface area (Å²) in [6.45, 7) is 1.30. The van der Waals surface area contributed by atoms with Gasteiger partial charge in [0, 0.05) is 61.4 Å². The Balaban J connectivity index is 1.24. The van der Waals surface area contributed by atoms with E-state index in [2.05, 4.69) is 58.6 Å². The first-order valence-electron chi connectivity index (χ1n) is 13.2. The van der Waals surface area contributed by atoms with Gasteiger partial charge < -0.3 is 10.2 Å². The van der Waals surface area contributed by atoms with Crippen molar-refractivity contribution in [3.8, 4) is 11.3 Å². The van der Waals surface area contributed by atoms with Crippen molar-refractivity contribution < 1.29 is 4.79 Å². The Morgan fingerprint density at radius 3 is 2.27 bits per heavy atom. The molecule has 5 aromatic rings. The van der Waals surface area contributed by atoms with E-state index in [4.69, 9.17) is 9.97 Å². The predicted octanol–water partition coefficient (Wildman–Crippen LogP) is 6.44. The number of rotatable bonds is 11. The number of nitrogens with one attached hydrogen (secondary N) is 1. The Morgan fingerprint density at radius 1 is 0.825 bits per heavy atom. The number of carbonyl (C=O) groups excluding carboxylic acids is 1. The first kappa shape index (κ1) is 27.1. The highest BCUT2D eigenvalue weighted by atomic mass is 32.2. The summed E-state index contributed by atoms with van der Waals surface area (Å²) >= 11 is 1.59. The van der Waals surface area contributed by atoms with Crippen molar-refractivity contribution in [1.82, 2.24) is 20.3 Å². The second kappa shape index (κ2) is 13.5. The molecule has 2 aromatic heterocycles. The quantitative estimate of drug-likeness (QED) is 0.152. The molecule has 7 heteroatoms. The number of carbonyl (C=O) groups is 1. The summed E-state index contributed by atoms with van der Waals surface area (Å²) in [5.74, 6) is 1.49. The average molecular weight is 546 g/mol. The molecule has 0 saturated carbocycles. The smallest absolute Gasteiger partial charge is 0.251 e. The minimum Gasteiger partial charge on any atom is -0.355 e. The Hall–Kier alpha value is -4.49. The third kappa shape index (κ3) is 7.55. The van der Waals surface area contributed by atoms with Crippen LogP contribution in [0.1, 0.15) is 27.2 Å². The van der Waals surface area contributed by atoms with E-state index in [-0.39, 0.29) is 5.91 Å². The van der Waals surface area contributed by atoms with E-state index in [1.807, 2.05) is 72.8 Å². The highest BCUT2D eigenvalue weighted by molar-refractivity contribution is 7.98. The second-order valence-corrected chi connectivity index (χ2v) is 10.4. The summed E-state index contributed by atoms with van der Waals surface area (Å²) in [5.41, 5.74) is 5.87. The minimum atomic E-state index is -0.0832. The molecule has 200 valence electrons. The summed E-state index contributed by atoms with van der Waals surface area (Å²) < 4.78 is 0. The number of benzene rings is 3. The lowest BCUT2D eigenvalue weighted by molar-refractivity contribution is 0.0954. The fourth-order valence-electron chi connectivity index (χ4n) is 4.22. The Morgan fingerprint density at radius 2 is 1.55 bits per heavy atom. The van der Waals surface area contributed by atoms with Crippen LogP contribution in [0, 0.1) is 0 Å². The Bertz CT molecular complexity index is 1510. The Kier molecular flexibility index (Phi) is 9.17. The van der Waals surface area contributed by atoms with Gasteiger partial charge in [-0.25, -0.2) is 9.97 Å². The molecule has 0 saturated heterocycles. The maximum Gasteiger partial charge on any atom is 0.251 e. The van der Waals surface area contributed by atoms with Gasteiger partial charge in [-0.05, 0) is 35.4 Å². The van der Waals surface area contributed by atoms with Crippen LogP contribution in [0.3, 0.4) is 0 Å². The van der Waals surface area contributed by atoms with Crippen LogP contribution in [0.2, 0.25) is 0 Å². The molecule has 0 atom stereocenters. The van der Waals surface area contributed by atoms with Gasteiger partial charge in [-0.2, -0.15) is 0 Å². The van der Waals surface area contributed by atoms with Gasteiger partial charge in [-0.15, -0.1) is 0 Å². The first-order valence-corrected chi connectivity index (χ1v) is 14.2. The maximum atomic E-state index is 12.6. The third-order valence-corrected chi connectivity index (χ3v) is 7.31. The third-order valence-electron chi connectivity index (χ3n) is 6.39. The molecule has 0 fully saturated rings. The molecule has 3 aromatic carbocycles. The molecule has 1 amide bonds. The highest BCUT2D eigenvalue weighted by Gasteiger charge is 2.12. The summed E-state index contributed by atoms with van der Waals surface area (Å²) in [6, 6.07) is 36.1. The number of anilines is 1. The second-order valence-electron chi connectivity index (χ2n) is 9.41. The lowest BCUT2D eigenvalue weighted by Crippen LogP contribution is -2.25. The van der Waals surface area contributed by atoms with Gasteiger partial charge in [0.05, 0.1) is 5.69 Å². The number of pyridine rings is 1. The summed E-state index contributed by atoms with van der Waals surface area (Å²) in [6.07, 6.45) is 2.46. The minimum absolute atomic E-state index is 0.0832. The molecular weight excluding hydrogens is 514 g/mol. The summed E-state index contributed by atoms with van der Waals surface area (Å²) in [4.78, 5) is 28.8. The van der Waals surface area contributed by atoms with E-state index < -0.39 is 0 Å². The lowest BCUT2D eigenvalue weighted by atomic mass is 10.1. The maximum absolute atomic E-state index is 12.6. The van der Waals surface area contributed by atoms with Gasteiger partial charge >= 0.3 is 0 Å². The molecule has 0 unspecified atom stereocenters. The largest absolute Gasteiger partial charge is 0.355 e. The van der Waals surface area contributed by atoms with Crippen LogP contribution < -0.4 is 10.2 Å². The van der Waals surface area contributed by atoms with Gasteiger partial charge in [0.1, 0.15) is 5.82 Å². The van der Waals surface area contributed by atoms with Crippen molar-refractivity contribution in [3.63, 3.8) is 0 Å². The molecule has 0 radical (unpaired) electrons. The zero-order valence-electron chi connectivity index (χ0n) is 22.4. The predicted molar refractivity (Wildman–Crippen MR) is 162 cm³/mol. The van der Waals surface area contributed by atoms with Crippen LogP contribution in [0.25, 0.3) is 11.3 Å². The van der Waals surface area contributed by atoms with E-state index in [9.17, 15) is 4.79 Å². The lowest BCUT2D eigenvalue weighted by Gasteiger charge is -2.20. The van der Waals surface area contributed by atoms with Gasteiger partial charge in [0.15, 0.2) is 5.16 Å².